The molecule has 5 rings (SSSR count). The second-order valence-corrected chi connectivity index (χ2v) is 9.70. The molecule has 1 aliphatic heterocycles. The van der Waals surface area contributed by atoms with E-state index in [0.29, 0.717) is 17.9 Å². The quantitative estimate of drug-likeness (QED) is 0.754. The van der Waals surface area contributed by atoms with E-state index in [1.54, 1.807) is 0 Å². The molecule has 4 heteroatoms. The van der Waals surface area contributed by atoms with Crippen LogP contribution in [0.5, 0.6) is 0 Å². The molecule has 4 aliphatic carbocycles. The first-order chi connectivity index (χ1) is 12.6. The van der Waals surface area contributed by atoms with E-state index in [0.717, 1.165) is 50.6 Å². The first kappa shape index (κ1) is 18.7. The van der Waals surface area contributed by atoms with Crippen molar-refractivity contribution in [3.8, 4) is 0 Å². The largest absolute Gasteiger partial charge is 0.379 e. The topological polar surface area (TPSA) is 41.6 Å². The maximum atomic E-state index is 13.3. The van der Waals surface area contributed by atoms with Crippen molar-refractivity contribution in [3.63, 3.8) is 0 Å². The summed E-state index contributed by atoms with van der Waals surface area (Å²) in [5.41, 5.74) is -0.0156. The summed E-state index contributed by atoms with van der Waals surface area (Å²) >= 11 is 0. The van der Waals surface area contributed by atoms with Gasteiger partial charge >= 0.3 is 0 Å². The number of hydrogen-bond acceptors (Lipinski definition) is 3. The lowest BCUT2D eigenvalue weighted by atomic mass is 9.49. The molecule has 148 valence electrons. The van der Waals surface area contributed by atoms with Gasteiger partial charge in [-0.2, -0.15) is 0 Å². The average Bonchev–Trinajstić information content (AvgIpc) is 2.64. The van der Waals surface area contributed by atoms with Crippen LogP contribution >= 0.6 is 0 Å². The van der Waals surface area contributed by atoms with Crippen molar-refractivity contribution < 1.29 is 9.53 Å². The first-order valence-electron chi connectivity index (χ1n) is 11.2. The molecule has 1 amide bonds. The fourth-order valence-electron chi connectivity index (χ4n) is 7.11. The van der Waals surface area contributed by atoms with Crippen LogP contribution < -0.4 is 5.32 Å². The maximum Gasteiger partial charge on any atom is 0.226 e. The van der Waals surface area contributed by atoms with E-state index in [9.17, 15) is 4.79 Å². The molecular formula is C22H38N2O2. The summed E-state index contributed by atoms with van der Waals surface area (Å²) in [6.45, 7) is 9.10. The van der Waals surface area contributed by atoms with E-state index in [1.165, 1.54) is 51.4 Å². The number of amides is 1. The summed E-state index contributed by atoms with van der Waals surface area (Å²) in [6.07, 6.45) is 10.1. The Morgan fingerprint density at radius 3 is 2.08 bits per heavy atom. The van der Waals surface area contributed by atoms with Crippen molar-refractivity contribution in [2.45, 2.75) is 71.3 Å². The summed E-state index contributed by atoms with van der Waals surface area (Å²) in [7, 11) is 0. The lowest BCUT2D eigenvalue weighted by molar-refractivity contribution is -0.146. The second kappa shape index (κ2) is 7.79. The van der Waals surface area contributed by atoms with E-state index in [4.69, 9.17) is 4.74 Å². The van der Waals surface area contributed by atoms with E-state index in [1.807, 2.05) is 0 Å². The van der Waals surface area contributed by atoms with Crippen molar-refractivity contribution in [2.24, 2.45) is 29.1 Å². The van der Waals surface area contributed by atoms with E-state index in [-0.39, 0.29) is 5.41 Å². The third kappa shape index (κ3) is 3.56. The molecule has 4 nitrogen and oxygen atoms in total. The van der Waals surface area contributed by atoms with Crippen LogP contribution in [0.3, 0.4) is 0 Å². The number of nitrogens with zero attached hydrogens (tertiary/aromatic N) is 1. The predicted molar refractivity (Wildman–Crippen MR) is 104 cm³/mol. The highest BCUT2D eigenvalue weighted by Gasteiger charge is 2.54. The smallest absolute Gasteiger partial charge is 0.226 e. The standard InChI is InChI=1S/C22H38N2O2/c1-3-19(4-2)20(24-5-7-26-8-6-24)15-23-21(25)22-12-16-9-17(13-22)11-18(10-16)14-22/h16-20H,3-15H2,1-2H3,(H,23,25). The van der Waals surface area contributed by atoms with Gasteiger partial charge in [0.2, 0.25) is 5.91 Å². The zero-order valence-corrected chi connectivity index (χ0v) is 16.8. The van der Waals surface area contributed by atoms with Crippen molar-refractivity contribution in [2.75, 3.05) is 32.8 Å². The Kier molecular flexibility index (Phi) is 5.61. The van der Waals surface area contributed by atoms with E-state index in [2.05, 4.69) is 24.1 Å². The van der Waals surface area contributed by atoms with Crippen LogP contribution in [0.25, 0.3) is 0 Å². The second-order valence-electron chi connectivity index (χ2n) is 9.70. The Bertz CT molecular complexity index is 461. The average molecular weight is 363 g/mol. The Morgan fingerprint density at radius 2 is 1.58 bits per heavy atom. The highest BCUT2D eigenvalue weighted by molar-refractivity contribution is 5.83. The summed E-state index contributed by atoms with van der Waals surface area (Å²) in [6, 6.07) is 0.465. The Hall–Kier alpha value is -0.610. The van der Waals surface area contributed by atoms with Gasteiger partial charge in [0.1, 0.15) is 0 Å². The molecule has 1 saturated heterocycles. The van der Waals surface area contributed by atoms with Crippen LogP contribution in [0, 0.1) is 29.1 Å². The van der Waals surface area contributed by atoms with Gasteiger partial charge in [0.15, 0.2) is 0 Å². The normalized spacial score (nSPS) is 37.9. The molecule has 0 aromatic carbocycles. The van der Waals surface area contributed by atoms with Gasteiger partial charge in [-0.15, -0.1) is 0 Å². The molecule has 1 atom stereocenters. The fraction of sp³-hybridized carbons (Fsp3) is 0.955. The van der Waals surface area contributed by atoms with Crippen LogP contribution in [-0.4, -0.2) is 49.7 Å². The Labute approximate surface area is 159 Å². The number of hydrogen-bond donors (Lipinski definition) is 1. The number of nitrogens with one attached hydrogen (secondary N) is 1. The summed E-state index contributed by atoms with van der Waals surface area (Å²) < 4.78 is 5.56. The number of morpholine rings is 1. The number of carbonyl (C=O) groups is 1. The van der Waals surface area contributed by atoms with Crippen LogP contribution in [0.1, 0.15) is 65.2 Å². The van der Waals surface area contributed by atoms with Crippen molar-refractivity contribution >= 4 is 5.91 Å². The van der Waals surface area contributed by atoms with Gasteiger partial charge < -0.3 is 10.1 Å². The van der Waals surface area contributed by atoms with Gasteiger partial charge in [-0.25, -0.2) is 0 Å². The molecule has 0 spiro atoms. The van der Waals surface area contributed by atoms with Gasteiger partial charge in [0, 0.05) is 31.1 Å². The maximum absolute atomic E-state index is 13.3. The van der Waals surface area contributed by atoms with Crippen LogP contribution in [-0.2, 0) is 9.53 Å². The minimum atomic E-state index is -0.0156. The zero-order chi connectivity index (χ0) is 18.1. The minimum Gasteiger partial charge on any atom is -0.379 e. The molecule has 4 bridgehead atoms. The van der Waals surface area contributed by atoms with Gasteiger partial charge in [0.25, 0.3) is 0 Å². The Balaban J connectivity index is 1.41. The van der Waals surface area contributed by atoms with Crippen molar-refractivity contribution in [1.82, 2.24) is 10.2 Å². The third-order valence-electron chi connectivity index (χ3n) is 8.10. The highest BCUT2D eigenvalue weighted by atomic mass is 16.5. The lowest BCUT2D eigenvalue weighted by Crippen LogP contribution is -2.57. The number of carbonyl (C=O) groups excluding carboxylic acids is 1. The lowest BCUT2D eigenvalue weighted by Gasteiger charge is -2.55. The Morgan fingerprint density at radius 1 is 1.04 bits per heavy atom. The fourth-order valence-corrected chi connectivity index (χ4v) is 7.11. The number of rotatable bonds is 7. The summed E-state index contributed by atoms with van der Waals surface area (Å²) in [5, 5.41) is 3.46. The van der Waals surface area contributed by atoms with Gasteiger partial charge in [-0.3, -0.25) is 9.69 Å². The monoisotopic (exact) mass is 362 g/mol. The van der Waals surface area contributed by atoms with Crippen molar-refractivity contribution in [1.29, 1.82) is 0 Å². The SMILES string of the molecule is CCC(CC)C(CNC(=O)C12CC3CC(CC(C3)C1)C2)N1CCOCC1. The molecule has 1 N–H and O–H groups in total. The van der Waals surface area contributed by atoms with E-state index < -0.39 is 0 Å². The molecule has 1 unspecified atom stereocenters. The minimum absolute atomic E-state index is 0.0156. The predicted octanol–water partition coefficient (Wildman–Crippen LogP) is 3.46. The molecule has 0 radical (unpaired) electrons. The van der Waals surface area contributed by atoms with Gasteiger partial charge in [0.05, 0.1) is 13.2 Å². The third-order valence-corrected chi connectivity index (χ3v) is 8.10. The molecule has 0 aromatic heterocycles. The van der Waals surface area contributed by atoms with Gasteiger partial charge in [-0.05, 0) is 62.2 Å². The molecule has 4 saturated carbocycles. The number of ether oxygens (including phenoxy) is 1. The molecular weight excluding hydrogens is 324 g/mol. The molecule has 5 aliphatic rings. The highest BCUT2D eigenvalue weighted by Crippen LogP contribution is 2.60. The summed E-state index contributed by atoms with van der Waals surface area (Å²) in [5.74, 6) is 3.55. The van der Waals surface area contributed by atoms with Crippen LogP contribution in [0.2, 0.25) is 0 Å². The van der Waals surface area contributed by atoms with E-state index >= 15 is 0 Å². The van der Waals surface area contributed by atoms with Crippen LogP contribution in [0.4, 0.5) is 0 Å². The molecule has 1 heterocycles. The first-order valence-corrected chi connectivity index (χ1v) is 11.2. The molecule has 5 fully saturated rings. The molecule has 0 aromatic rings. The van der Waals surface area contributed by atoms with Gasteiger partial charge in [-0.1, -0.05) is 26.7 Å². The zero-order valence-electron chi connectivity index (χ0n) is 16.8. The van der Waals surface area contributed by atoms with Crippen molar-refractivity contribution in [3.05, 3.63) is 0 Å². The molecule has 26 heavy (non-hydrogen) atoms. The van der Waals surface area contributed by atoms with Crippen LogP contribution in [0.15, 0.2) is 0 Å². The summed E-state index contributed by atoms with van der Waals surface area (Å²) in [4.78, 5) is 15.9.